The lowest BCUT2D eigenvalue weighted by Gasteiger charge is -2.39. The molecule has 0 aliphatic rings. The van der Waals surface area contributed by atoms with Gasteiger partial charge in [0.15, 0.2) is 0 Å². The number of carbonyl (C=O) groups is 1. The highest BCUT2D eigenvalue weighted by Gasteiger charge is 2.40. The van der Waals surface area contributed by atoms with E-state index < -0.39 is 11.6 Å². The van der Waals surface area contributed by atoms with Gasteiger partial charge in [-0.15, -0.1) is 0 Å². The van der Waals surface area contributed by atoms with Crippen molar-refractivity contribution in [3.63, 3.8) is 0 Å². The van der Waals surface area contributed by atoms with E-state index in [0.717, 1.165) is 25.8 Å². The van der Waals surface area contributed by atoms with Gasteiger partial charge in [-0.1, -0.05) is 109 Å². The van der Waals surface area contributed by atoms with E-state index in [4.69, 9.17) is 4.74 Å². The summed E-state index contributed by atoms with van der Waals surface area (Å²) in [4.78, 5) is 13.1. The van der Waals surface area contributed by atoms with Crippen molar-refractivity contribution in [3.05, 3.63) is 141 Å². The standard InChI is InChI=1S/C29H26INO2/c1-33-28(32)27(21-22-13-11-12-20-26(22)30)31-29(23-14-5-2-6-15-23,24-16-7-3-8-17-24)25-18-9-4-10-19-25/h2-20,27,31H,21H2,1H3. The predicted molar refractivity (Wildman–Crippen MR) is 141 cm³/mol. The van der Waals surface area contributed by atoms with E-state index in [-0.39, 0.29) is 5.97 Å². The fraction of sp³-hybridized carbons (Fsp3) is 0.138. The number of carbonyl (C=O) groups excluding carboxylic acids is 1. The third-order valence-electron chi connectivity index (χ3n) is 5.88. The molecule has 4 aromatic rings. The van der Waals surface area contributed by atoms with Crippen molar-refractivity contribution in [2.24, 2.45) is 0 Å². The number of rotatable bonds is 8. The van der Waals surface area contributed by atoms with Crippen molar-refractivity contribution in [2.75, 3.05) is 7.11 Å². The van der Waals surface area contributed by atoms with Crippen molar-refractivity contribution in [2.45, 2.75) is 18.0 Å². The third-order valence-corrected chi connectivity index (χ3v) is 6.93. The Bertz CT molecular complexity index is 1080. The van der Waals surface area contributed by atoms with E-state index in [9.17, 15) is 4.79 Å². The van der Waals surface area contributed by atoms with Gasteiger partial charge < -0.3 is 4.74 Å². The molecule has 0 spiro atoms. The molecule has 0 aliphatic carbocycles. The summed E-state index contributed by atoms with van der Waals surface area (Å²) < 4.78 is 6.39. The van der Waals surface area contributed by atoms with Crippen molar-refractivity contribution >= 4 is 28.6 Å². The van der Waals surface area contributed by atoms with Crippen LogP contribution in [0.5, 0.6) is 0 Å². The minimum Gasteiger partial charge on any atom is -0.468 e. The van der Waals surface area contributed by atoms with Gasteiger partial charge in [0.2, 0.25) is 0 Å². The molecule has 0 fully saturated rings. The van der Waals surface area contributed by atoms with Crippen LogP contribution in [0.1, 0.15) is 22.3 Å². The first kappa shape index (κ1) is 23.2. The molecule has 0 saturated carbocycles. The zero-order valence-corrected chi connectivity index (χ0v) is 20.6. The Morgan fingerprint density at radius 3 is 1.61 bits per heavy atom. The maximum atomic E-state index is 13.1. The fourth-order valence-electron chi connectivity index (χ4n) is 4.30. The lowest BCUT2D eigenvalue weighted by Crippen LogP contribution is -2.53. The van der Waals surface area contributed by atoms with Crippen molar-refractivity contribution < 1.29 is 9.53 Å². The first-order chi connectivity index (χ1) is 16.1. The third kappa shape index (κ3) is 5.02. The minimum atomic E-state index is -0.747. The number of benzene rings is 4. The molecule has 166 valence electrons. The van der Waals surface area contributed by atoms with Gasteiger partial charge in [-0.2, -0.15) is 0 Å². The van der Waals surface area contributed by atoms with Crippen LogP contribution in [0.25, 0.3) is 0 Å². The van der Waals surface area contributed by atoms with Gasteiger partial charge in [0, 0.05) is 3.57 Å². The van der Waals surface area contributed by atoms with Crippen LogP contribution >= 0.6 is 22.6 Å². The smallest absolute Gasteiger partial charge is 0.323 e. The van der Waals surface area contributed by atoms with Crippen LogP contribution in [-0.4, -0.2) is 19.1 Å². The summed E-state index contributed by atoms with van der Waals surface area (Å²) in [5.41, 5.74) is 3.52. The molecule has 4 aromatic carbocycles. The van der Waals surface area contributed by atoms with Crippen LogP contribution in [0.15, 0.2) is 115 Å². The molecule has 0 aromatic heterocycles. The van der Waals surface area contributed by atoms with Crippen molar-refractivity contribution in [1.29, 1.82) is 0 Å². The van der Waals surface area contributed by atoms with E-state index in [2.05, 4.69) is 76.4 Å². The van der Waals surface area contributed by atoms with Gasteiger partial charge >= 0.3 is 5.97 Å². The largest absolute Gasteiger partial charge is 0.468 e. The van der Waals surface area contributed by atoms with Crippen LogP contribution in [0, 0.1) is 3.57 Å². The Kier molecular flexibility index (Phi) is 7.57. The monoisotopic (exact) mass is 547 g/mol. The Morgan fingerprint density at radius 2 is 1.18 bits per heavy atom. The molecule has 0 aliphatic heterocycles. The Balaban J connectivity index is 1.91. The Hall–Kier alpha value is -2.96. The quantitative estimate of drug-likeness (QED) is 0.168. The average molecular weight is 547 g/mol. The molecule has 1 N–H and O–H groups in total. The SMILES string of the molecule is COC(=O)C(Cc1ccccc1I)NC(c1ccccc1)(c1ccccc1)c1ccccc1. The van der Waals surface area contributed by atoms with Gasteiger partial charge in [0.05, 0.1) is 12.6 Å². The van der Waals surface area contributed by atoms with E-state index >= 15 is 0 Å². The summed E-state index contributed by atoms with van der Waals surface area (Å²) in [6.45, 7) is 0. The molecular formula is C29H26INO2. The highest BCUT2D eigenvalue weighted by Crippen LogP contribution is 2.37. The molecule has 1 atom stereocenters. The summed E-state index contributed by atoms with van der Waals surface area (Å²) in [6, 6.07) is 38.4. The Labute approximate surface area is 209 Å². The van der Waals surface area contributed by atoms with E-state index in [0.29, 0.717) is 6.42 Å². The van der Waals surface area contributed by atoms with Crippen molar-refractivity contribution in [3.8, 4) is 0 Å². The second-order valence-corrected chi connectivity index (χ2v) is 9.03. The number of hydrogen-bond donors (Lipinski definition) is 1. The summed E-state index contributed by atoms with van der Waals surface area (Å²) in [7, 11) is 1.45. The highest BCUT2D eigenvalue weighted by molar-refractivity contribution is 14.1. The molecule has 0 radical (unpaired) electrons. The zero-order chi connectivity index (χ0) is 23.1. The van der Waals surface area contributed by atoms with E-state index in [1.807, 2.05) is 66.7 Å². The average Bonchev–Trinajstić information content (AvgIpc) is 2.89. The van der Waals surface area contributed by atoms with Gasteiger partial charge in [0.1, 0.15) is 6.04 Å². The second-order valence-electron chi connectivity index (χ2n) is 7.86. The normalized spacial score (nSPS) is 12.2. The predicted octanol–water partition coefficient (Wildman–Crippen LogP) is 5.96. The summed E-state index contributed by atoms with van der Waals surface area (Å²) in [5.74, 6) is -0.290. The van der Waals surface area contributed by atoms with Gasteiger partial charge in [0.25, 0.3) is 0 Å². The number of methoxy groups -OCH3 is 1. The maximum Gasteiger partial charge on any atom is 0.323 e. The Morgan fingerprint density at radius 1 is 0.758 bits per heavy atom. The second kappa shape index (κ2) is 10.8. The molecule has 0 amide bonds. The molecule has 0 bridgehead atoms. The molecule has 33 heavy (non-hydrogen) atoms. The summed E-state index contributed by atoms with van der Waals surface area (Å²) in [5, 5.41) is 3.77. The van der Waals surface area contributed by atoms with Crippen molar-refractivity contribution in [1.82, 2.24) is 5.32 Å². The van der Waals surface area contributed by atoms with Gasteiger partial charge in [-0.25, -0.2) is 0 Å². The fourth-order valence-corrected chi connectivity index (χ4v) is 4.90. The van der Waals surface area contributed by atoms with E-state index in [1.54, 1.807) is 0 Å². The van der Waals surface area contributed by atoms with Crippen LogP contribution in [0.4, 0.5) is 0 Å². The number of ether oxygens (including phenoxy) is 1. The van der Waals surface area contributed by atoms with Crippen LogP contribution < -0.4 is 5.32 Å². The molecule has 1 unspecified atom stereocenters. The first-order valence-electron chi connectivity index (χ1n) is 10.9. The summed E-state index contributed by atoms with van der Waals surface area (Å²) >= 11 is 2.32. The number of nitrogens with one attached hydrogen (secondary N) is 1. The number of halogens is 1. The van der Waals surface area contributed by atoms with Crippen LogP contribution in [0.2, 0.25) is 0 Å². The van der Waals surface area contributed by atoms with Crippen LogP contribution in [-0.2, 0) is 21.5 Å². The lowest BCUT2D eigenvalue weighted by molar-refractivity contribution is -0.143. The molecule has 3 nitrogen and oxygen atoms in total. The zero-order valence-electron chi connectivity index (χ0n) is 18.4. The van der Waals surface area contributed by atoms with Crippen LogP contribution in [0.3, 0.4) is 0 Å². The minimum absolute atomic E-state index is 0.290. The molecule has 0 saturated heterocycles. The topological polar surface area (TPSA) is 38.3 Å². The van der Waals surface area contributed by atoms with E-state index in [1.165, 1.54) is 7.11 Å². The molecule has 4 rings (SSSR count). The molecular weight excluding hydrogens is 521 g/mol. The van der Waals surface area contributed by atoms with Gasteiger partial charge in [-0.3, -0.25) is 10.1 Å². The van der Waals surface area contributed by atoms with Gasteiger partial charge in [-0.05, 0) is 57.3 Å². The molecule has 0 heterocycles. The number of hydrogen-bond acceptors (Lipinski definition) is 3. The molecule has 4 heteroatoms. The lowest BCUT2D eigenvalue weighted by atomic mass is 9.76. The number of esters is 1. The summed E-state index contributed by atoms with van der Waals surface area (Å²) in [6.07, 6.45) is 0.514. The maximum absolute atomic E-state index is 13.1. The highest BCUT2D eigenvalue weighted by atomic mass is 127. The first-order valence-corrected chi connectivity index (χ1v) is 12.0.